The first-order chi connectivity index (χ1) is 16.5. The minimum atomic E-state index is -0.557. The van der Waals surface area contributed by atoms with Crippen LogP contribution in [0.5, 0.6) is 11.5 Å². The van der Waals surface area contributed by atoms with Crippen LogP contribution < -0.4 is 14.9 Å². The van der Waals surface area contributed by atoms with E-state index in [2.05, 4.69) is 10.5 Å². The average Bonchev–Trinajstić information content (AvgIpc) is 2.85. The molecule has 0 saturated heterocycles. The van der Waals surface area contributed by atoms with E-state index >= 15 is 0 Å². The third-order valence-corrected chi connectivity index (χ3v) is 5.03. The lowest BCUT2D eigenvalue weighted by Gasteiger charge is -2.11. The third kappa shape index (κ3) is 5.76. The highest BCUT2D eigenvalue weighted by atomic mass is 35.5. The van der Waals surface area contributed by atoms with Gasteiger partial charge >= 0.3 is 5.97 Å². The summed E-state index contributed by atoms with van der Waals surface area (Å²) >= 11 is 5.89. The van der Waals surface area contributed by atoms with Gasteiger partial charge in [-0.25, -0.2) is 14.6 Å². The van der Waals surface area contributed by atoms with Gasteiger partial charge in [-0.05, 0) is 65.4 Å². The fraction of sp³-hybridized carbons (Fsp3) is 0.0385. The second-order valence-corrected chi connectivity index (χ2v) is 7.57. The summed E-state index contributed by atoms with van der Waals surface area (Å²) in [5.74, 6) is -0.840. The van der Waals surface area contributed by atoms with Crippen molar-refractivity contribution < 1.29 is 23.5 Å². The summed E-state index contributed by atoms with van der Waals surface area (Å²) in [6.45, 7) is -0.309. The Morgan fingerprint density at radius 1 is 0.941 bits per heavy atom. The van der Waals surface area contributed by atoms with Gasteiger partial charge < -0.3 is 9.47 Å². The van der Waals surface area contributed by atoms with Crippen LogP contribution in [-0.2, 0) is 4.79 Å². The number of hydrogen-bond acceptors (Lipinski definition) is 5. The summed E-state index contributed by atoms with van der Waals surface area (Å²) < 4.78 is 23.9. The first kappa shape index (κ1) is 22.9. The number of amides is 1. The minimum Gasteiger partial charge on any atom is -0.484 e. The molecule has 4 aromatic carbocycles. The van der Waals surface area contributed by atoms with Crippen LogP contribution in [0.15, 0.2) is 90.0 Å². The molecule has 8 heteroatoms. The van der Waals surface area contributed by atoms with Crippen molar-refractivity contribution >= 4 is 40.5 Å². The Bertz CT molecular complexity index is 1360. The standard InChI is InChI=1S/C26H18ClFN2O4/c27-19-8-5-18(6-9-19)26(32)34-24-14-7-17-3-1-2-4-22(17)23(24)15-29-30-25(31)16-33-21-12-10-20(28)11-13-21/h1-15H,16H2,(H,30,31)/b29-15+. The van der Waals surface area contributed by atoms with Crippen LogP contribution in [0.3, 0.4) is 0 Å². The Morgan fingerprint density at radius 2 is 1.68 bits per heavy atom. The molecule has 0 radical (unpaired) electrons. The molecule has 0 fully saturated rings. The van der Waals surface area contributed by atoms with Crippen molar-refractivity contribution in [2.24, 2.45) is 5.10 Å². The number of fused-ring (bicyclic) bond motifs is 1. The van der Waals surface area contributed by atoms with Gasteiger partial charge in [0.05, 0.1) is 11.8 Å². The SMILES string of the molecule is O=C(COc1ccc(F)cc1)N/N=C/c1c(OC(=O)c2ccc(Cl)cc2)ccc2ccccc12. The van der Waals surface area contributed by atoms with Gasteiger partial charge in [0.2, 0.25) is 0 Å². The molecule has 34 heavy (non-hydrogen) atoms. The molecular formula is C26H18ClFN2O4. The first-order valence-corrected chi connectivity index (χ1v) is 10.6. The molecule has 0 bridgehead atoms. The third-order valence-electron chi connectivity index (χ3n) is 4.78. The fourth-order valence-electron chi connectivity index (χ4n) is 3.12. The van der Waals surface area contributed by atoms with Gasteiger partial charge in [0.25, 0.3) is 5.91 Å². The average molecular weight is 477 g/mol. The van der Waals surface area contributed by atoms with Crippen molar-refractivity contribution in [3.63, 3.8) is 0 Å². The number of hydrogen-bond donors (Lipinski definition) is 1. The van der Waals surface area contributed by atoms with E-state index in [0.29, 0.717) is 21.9 Å². The van der Waals surface area contributed by atoms with Crippen molar-refractivity contribution in [2.75, 3.05) is 6.61 Å². The summed E-state index contributed by atoms with van der Waals surface area (Å²) in [7, 11) is 0. The number of benzene rings is 4. The highest BCUT2D eigenvalue weighted by molar-refractivity contribution is 6.30. The number of nitrogens with one attached hydrogen (secondary N) is 1. The number of carbonyl (C=O) groups is 2. The Balaban J connectivity index is 1.50. The first-order valence-electron chi connectivity index (χ1n) is 10.2. The zero-order valence-electron chi connectivity index (χ0n) is 17.7. The van der Waals surface area contributed by atoms with Crippen LogP contribution in [0.1, 0.15) is 15.9 Å². The molecule has 0 aliphatic heterocycles. The number of esters is 1. The van der Waals surface area contributed by atoms with Crippen LogP contribution in [0.25, 0.3) is 10.8 Å². The van der Waals surface area contributed by atoms with Crippen LogP contribution in [0.4, 0.5) is 4.39 Å². The summed E-state index contributed by atoms with van der Waals surface area (Å²) in [6.07, 6.45) is 1.41. The summed E-state index contributed by atoms with van der Waals surface area (Å²) in [4.78, 5) is 24.7. The maximum Gasteiger partial charge on any atom is 0.343 e. The van der Waals surface area contributed by atoms with Gasteiger partial charge in [0, 0.05) is 10.6 Å². The lowest BCUT2D eigenvalue weighted by Crippen LogP contribution is -2.24. The highest BCUT2D eigenvalue weighted by Crippen LogP contribution is 2.27. The van der Waals surface area contributed by atoms with Gasteiger partial charge in [-0.1, -0.05) is 41.9 Å². The van der Waals surface area contributed by atoms with Gasteiger partial charge in [-0.3, -0.25) is 4.79 Å². The van der Waals surface area contributed by atoms with E-state index in [4.69, 9.17) is 21.1 Å². The summed E-state index contributed by atoms with van der Waals surface area (Å²) in [6, 6.07) is 22.6. The molecule has 0 spiro atoms. The fourth-order valence-corrected chi connectivity index (χ4v) is 3.25. The molecule has 1 amide bonds. The zero-order chi connectivity index (χ0) is 23.9. The zero-order valence-corrected chi connectivity index (χ0v) is 18.5. The number of hydrazone groups is 1. The van der Waals surface area contributed by atoms with E-state index < -0.39 is 17.7 Å². The molecule has 0 saturated carbocycles. The lowest BCUT2D eigenvalue weighted by atomic mass is 10.0. The molecule has 4 rings (SSSR count). The second kappa shape index (κ2) is 10.6. The van der Waals surface area contributed by atoms with E-state index in [1.807, 2.05) is 30.3 Å². The van der Waals surface area contributed by atoms with Crippen LogP contribution in [0, 0.1) is 5.82 Å². The molecule has 0 aliphatic rings. The van der Waals surface area contributed by atoms with E-state index in [1.54, 1.807) is 30.3 Å². The van der Waals surface area contributed by atoms with E-state index in [9.17, 15) is 14.0 Å². The van der Waals surface area contributed by atoms with Gasteiger partial charge in [0.1, 0.15) is 17.3 Å². The lowest BCUT2D eigenvalue weighted by molar-refractivity contribution is -0.123. The van der Waals surface area contributed by atoms with Crippen molar-refractivity contribution in [1.29, 1.82) is 0 Å². The molecule has 0 aromatic heterocycles. The number of halogens is 2. The molecular weight excluding hydrogens is 459 g/mol. The van der Waals surface area contributed by atoms with E-state index in [0.717, 1.165) is 10.8 Å². The van der Waals surface area contributed by atoms with E-state index in [-0.39, 0.29) is 12.4 Å². The Kier molecular flexibility index (Phi) is 7.15. The topological polar surface area (TPSA) is 77.0 Å². The van der Waals surface area contributed by atoms with Crippen molar-refractivity contribution in [1.82, 2.24) is 5.43 Å². The van der Waals surface area contributed by atoms with Crippen LogP contribution >= 0.6 is 11.6 Å². The van der Waals surface area contributed by atoms with Gasteiger partial charge in [0.15, 0.2) is 6.61 Å². The smallest absolute Gasteiger partial charge is 0.343 e. The predicted molar refractivity (Wildman–Crippen MR) is 128 cm³/mol. The van der Waals surface area contributed by atoms with Crippen molar-refractivity contribution in [2.45, 2.75) is 0 Å². The summed E-state index contributed by atoms with van der Waals surface area (Å²) in [5, 5.41) is 6.19. The number of rotatable bonds is 7. The Morgan fingerprint density at radius 3 is 2.44 bits per heavy atom. The van der Waals surface area contributed by atoms with Crippen molar-refractivity contribution in [3.05, 3.63) is 107 Å². The largest absolute Gasteiger partial charge is 0.484 e. The minimum absolute atomic E-state index is 0.277. The molecule has 170 valence electrons. The molecule has 0 atom stereocenters. The molecule has 0 aliphatic carbocycles. The number of carbonyl (C=O) groups excluding carboxylic acids is 2. The van der Waals surface area contributed by atoms with Crippen LogP contribution in [0.2, 0.25) is 5.02 Å². The second-order valence-electron chi connectivity index (χ2n) is 7.13. The van der Waals surface area contributed by atoms with Crippen molar-refractivity contribution in [3.8, 4) is 11.5 Å². The molecule has 0 unspecified atom stereocenters. The molecule has 1 N–H and O–H groups in total. The monoisotopic (exact) mass is 476 g/mol. The molecule has 6 nitrogen and oxygen atoms in total. The molecule has 4 aromatic rings. The maximum atomic E-state index is 13.0. The van der Waals surface area contributed by atoms with Gasteiger partial charge in [-0.2, -0.15) is 5.10 Å². The normalized spacial score (nSPS) is 10.9. The summed E-state index contributed by atoms with van der Waals surface area (Å²) in [5.41, 5.74) is 3.23. The molecule has 0 heterocycles. The van der Waals surface area contributed by atoms with Gasteiger partial charge in [-0.15, -0.1) is 0 Å². The number of ether oxygens (including phenoxy) is 2. The highest BCUT2D eigenvalue weighted by Gasteiger charge is 2.14. The number of nitrogens with zero attached hydrogens (tertiary/aromatic N) is 1. The Hall–Kier alpha value is -4.23. The maximum absolute atomic E-state index is 13.0. The Labute approximate surface area is 199 Å². The predicted octanol–water partition coefficient (Wildman–Crippen LogP) is 5.38. The van der Waals surface area contributed by atoms with E-state index in [1.165, 1.54) is 30.5 Å². The quantitative estimate of drug-likeness (QED) is 0.168. The van der Waals surface area contributed by atoms with Crippen LogP contribution in [-0.4, -0.2) is 24.7 Å².